The van der Waals surface area contributed by atoms with Crippen LogP contribution in [0.1, 0.15) is 39.0 Å². The van der Waals surface area contributed by atoms with Crippen molar-refractivity contribution in [2.45, 2.75) is 20.8 Å². The number of nitrogens with zero attached hydrogens (tertiary/aromatic N) is 3. The molecule has 1 amide bonds. The van der Waals surface area contributed by atoms with Gasteiger partial charge >= 0.3 is 0 Å². The molecule has 0 atom stereocenters. The molecule has 0 saturated heterocycles. The fourth-order valence-electron chi connectivity index (χ4n) is 3.36. The van der Waals surface area contributed by atoms with E-state index in [4.69, 9.17) is 0 Å². The smallest absolute Gasteiger partial charge is 0.256 e. The number of carbonyl (C=O) groups excluding carboxylic acids is 2. The topological polar surface area (TPSA) is 76.9 Å². The van der Waals surface area contributed by atoms with Gasteiger partial charge in [-0.2, -0.15) is 5.10 Å². The molecule has 0 unspecified atom stereocenters. The summed E-state index contributed by atoms with van der Waals surface area (Å²) in [5.74, 6) is -0.319. The first-order valence-electron chi connectivity index (χ1n) is 9.29. The number of aryl methyl sites for hydroxylation is 2. The molecule has 2 aromatic carbocycles. The number of nitrogens with one attached hydrogen (secondary N) is 1. The molecular formula is C23H20N4O2. The zero-order chi connectivity index (χ0) is 20.5. The first-order valence-corrected chi connectivity index (χ1v) is 9.29. The van der Waals surface area contributed by atoms with Gasteiger partial charge in [0.2, 0.25) is 0 Å². The van der Waals surface area contributed by atoms with Crippen molar-refractivity contribution in [1.82, 2.24) is 14.8 Å². The van der Waals surface area contributed by atoms with Crippen LogP contribution in [0.25, 0.3) is 16.7 Å². The number of hydrogen-bond acceptors (Lipinski definition) is 4. The lowest BCUT2D eigenvalue weighted by Gasteiger charge is -2.09. The van der Waals surface area contributed by atoms with E-state index in [1.165, 1.54) is 6.92 Å². The Hall–Kier alpha value is -3.80. The molecule has 6 heteroatoms. The van der Waals surface area contributed by atoms with Crippen LogP contribution in [0.4, 0.5) is 5.69 Å². The van der Waals surface area contributed by atoms with E-state index in [-0.39, 0.29) is 11.7 Å². The van der Waals surface area contributed by atoms with Gasteiger partial charge in [0.05, 0.1) is 22.3 Å². The molecule has 6 nitrogen and oxygen atoms in total. The highest BCUT2D eigenvalue weighted by molar-refractivity contribution is 6.13. The summed E-state index contributed by atoms with van der Waals surface area (Å²) in [7, 11) is 0. The number of ketones is 1. The average Bonchev–Trinajstić information content (AvgIpc) is 3.04. The van der Waals surface area contributed by atoms with E-state index in [1.54, 1.807) is 35.0 Å². The predicted octanol–water partition coefficient (Wildman–Crippen LogP) is 4.49. The molecule has 0 aliphatic rings. The van der Waals surface area contributed by atoms with Crippen LogP contribution in [0.5, 0.6) is 0 Å². The van der Waals surface area contributed by atoms with Gasteiger partial charge in [0.25, 0.3) is 5.91 Å². The lowest BCUT2D eigenvalue weighted by molar-refractivity contribution is 0.101. The summed E-state index contributed by atoms with van der Waals surface area (Å²) in [5.41, 5.74) is 4.57. The molecule has 0 aliphatic carbocycles. The number of amides is 1. The minimum Gasteiger partial charge on any atom is -0.322 e. The van der Waals surface area contributed by atoms with Crippen molar-refractivity contribution in [3.8, 4) is 5.69 Å². The summed E-state index contributed by atoms with van der Waals surface area (Å²) in [5, 5.41) is 8.22. The van der Waals surface area contributed by atoms with Crippen molar-refractivity contribution in [2.24, 2.45) is 0 Å². The van der Waals surface area contributed by atoms with Crippen LogP contribution >= 0.6 is 0 Å². The van der Waals surface area contributed by atoms with E-state index in [9.17, 15) is 9.59 Å². The maximum Gasteiger partial charge on any atom is 0.256 e. The Morgan fingerprint density at radius 2 is 1.72 bits per heavy atom. The molecule has 0 radical (unpaired) electrons. The lowest BCUT2D eigenvalue weighted by atomic mass is 10.1. The van der Waals surface area contributed by atoms with Gasteiger partial charge in [-0.25, -0.2) is 9.67 Å². The van der Waals surface area contributed by atoms with Gasteiger partial charge in [0.15, 0.2) is 11.4 Å². The highest BCUT2D eigenvalue weighted by Crippen LogP contribution is 2.25. The van der Waals surface area contributed by atoms with Crippen LogP contribution < -0.4 is 5.32 Å². The van der Waals surface area contributed by atoms with Crippen molar-refractivity contribution in [1.29, 1.82) is 0 Å². The van der Waals surface area contributed by atoms with Crippen LogP contribution in [-0.2, 0) is 0 Å². The number of benzene rings is 2. The minimum atomic E-state index is -0.267. The second kappa shape index (κ2) is 7.31. The van der Waals surface area contributed by atoms with Gasteiger partial charge in [-0.3, -0.25) is 9.59 Å². The summed E-state index contributed by atoms with van der Waals surface area (Å²) in [6, 6.07) is 18.4. The van der Waals surface area contributed by atoms with Gasteiger partial charge in [-0.05, 0) is 51.1 Å². The van der Waals surface area contributed by atoms with Gasteiger partial charge < -0.3 is 5.32 Å². The highest BCUT2D eigenvalue weighted by Gasteiger charge is 2.19. The molecule has 0 aliphatic heterocycles. The predicted molar refractivity (Wildman–Crippen MR) is 113 cm³/mol. The van der Waals surface area contributed by atoms with Crippen LogP contribution in [0, 0.1) is 13.8 Å². The Labute approximate surface area is 168 Å². The van der Waals surface area contributed by atoms with Gasteiger partial charge in [0.1, 0.15) is 0 Å². The van der Waals surface area contributed by atoms with E-state index in [1.807, 2.05) is 44.2 Å². The molecule has 4 rings (SSSR count). The number of anilines is 1. The third-order valence-electron chi connectivity index (χ3n) is 4.71. The number of carbonyl (C=O) groups is 2. The Morgan fingerprint density at radius 1 is 0.966 bits per heavy atom. The van der Waals surface area contributed by atoms with E-state index in [0.717, 1.165) is 17.1 Å². The number of rotatable bonds is 4. The molecule has 0 saturated carbocycles. The fraction of sp³-hybridized carbons (Fsp3) is 0.130. The summed E-state index contributed by atoms with van der Waals surface area (Å²) < 4.78 is 1.75. The second-order valence-electron chi connectivity index (χ2n) is 6.93. The number of para-hydroxylation sites is 1. The van der Waals surface area contributed by atoms with Gasteiger partial charge in [-0.1, -0.05) is 30.3 Å². The summed E-state index contributed by atoms with van der Waals surface area (Å²) >= 11 is 0. The van der Waals surface area contributed by atoms with Crippen molar-refractivity contribution in [3.05, 3.63) is 83.2 Å². The molecule has 4 aromatic rings. The number of hydrogen-bond donors (Lipinski definition) is 1. The Morgan fingerprint density at radius 3 is 2.45 bits per heavy atom. The monoisotopic (exact) mass is 384 g/mol. The van der Waals surface area contributed by atoms with E-state index in [2.05, 4.69) is 15.4 Å². The minimum absolute atomic E-state index is 0.0526. The van der Waals surface area contributed by atoms with Crippen LogP contribution in [0.2, 0.25) is 0 Å². The van der Waals surface area contributed by atoms with Crippen LogP contribution in [0.3, 0.4) is 0 Å². The van der Waals surface area contributed by atoms with Crippen molar-refractivity contribution in [2.75, 3.05) is 5.32 Å². The molecule has 2 heterocycles. The van der Waals surface area contributed by atoms with Crippen molar-refractivity contribution >= 4 is 28.4 Å². The zero-order valence-electron chi connectivity index (χ0n) is 16.4. The molecule has 144 valence electrons. The van der Waals surface area contributed by atoms with Gasteiger partial charge in [-0.15, -0.1) is 0 Å². The largest absolute Gasteiger partial charge is 0.322 e. The van der Waals surface area contributed by atoms with Crippen LogP contribution in [-0.4, -0.2) is 26.5 Å². The van der Waals surface area contributed by atoms with Gasteiger partial charge in [0, 0.05) is 16.9 Å². The Kier molecular flexibility index (Phi) is 4.68. The summed E-state index contributed by atoms with van der Waals surface area (Å²) in [4.78, 5) is 29.4. The Bertz CT molecular complexity index is 1240. The van der Waals surface area contributed by atoms with Crippen molar-refractivity contribution < 1.29 is 9.59 Å². The SMILES string of the molecule is CC(=O)c1cccc(NC(=O)c2cc(C)nc3c2c(C)nn3-c2ccccc2)c1. The number of fused-ring (bicyclic) bond motifs is 1. The van der Waals surface area contributed by atoms with E-state index in [0.29, 0.717) is 27.8 Å². The molecular weight excluding hydrogens is 364 g/mol. The first-order chi connectivity index (χ1) is 13.9. The molecule has 0 fully saturated rings. The molecule has 0 bridgehead atoms. The number of Topliss-reactive ketones (excluding diaryl/α,β-unsaturated/α-hetero) is 1. The maximum atomic E-state index is 13.1. The third-order valence-corrected chi connectivity index (χ3v) is 4.71. The lowest BCUT2D eigenvalue weighted by Crippen LogP contribution is -2.14. The number of pyridine rings is 1. The first kappa shape index (κ1) is 18.6. The standard InChI is InChI=1S/C23H20N4O2/c1-14-12-20(23(29)25-18-9-7-8-17(13-18)16(3)28)21-15(2)26-27(22(21)24-14)19-10-5-4-6-11-19/h4-13H,1-3H3,(H,25,29). The fourth-order valence-corrected chi connectivity index (χ4v) is 3.36. The molecule has 2 aromatic heterocycles. The molecule has 0 spiro atoms. The van der Waals surface area contributed by atoms with Crippen LogP contribution in [0.15, 0.2) is 60.7 Å². The highest BCUT2D eigenvalue weighted by atomic mass is 16.1. The number of aromatic nitrogens is 3. The second-order valence-corrected chi connectivity index (χ2v) is 6.93. The summed E-state index contributed by atoms with van der Waals surface area (Å²) in [6.45, 7) is 5.22. The average molecular weight is 384 g/mol. The molecule has 29 heavy (non-hydrogen) atoms. The normalized spacial score (nSPS) is 10.9. The maximum absolute atomic E-state index is 13.1. The van der Waals surface area contributed by atoms with Crippen molar-refractivity contribution in [3.63, 3.8) is 0 Å². The quantitative estimate of drug-likeness (QED) is 0.526. The van der Waals surface area contributed by atoms with E-state index >= 15 is 0 Å². The Balaban J connectivity index is 1.80. The summed E-state index contributed by atoms with van der Waals surface area (Å²) in [6.07, 6.45) is 0. The van der Waals surface area contributed by atoms with E-state index < -0.39 is 0 Å². The molecule has 1 N–H and O–H groups in total. The third kappa shape index (κ3) is 3.52. The zero-order valence-corrected chi connectivity index (χ0v) is 16.4.